The minimum atomic E-state index is -0.358. The van der Waals surface area contributed by atoms with Gasteiger partial charge in [0.05, 0.1) is 11.2 Å². The van der Waals surface area contributed by atoms with Crippen molar-refractivity contribution in [1.29, 1.82) is 0 Å². The van der Waals surface area contributed by atoms with Crippen molar-refractivity contribution in [2.75, 3.05) is 26.2 Å². The van der Waals surface area contributed by atoms with E-state index in [9.17, 15) is 4.39 Å². The molecule has 0 bridgehead atoms. The van der Waals surface area contributed by atoms with Crippen LogP contribution in [0.25, 0.3) is 0 Å². The second-order valence-electron chi connectivity index (χ2n) is 5.70. The third-order valence-corrected chi connectivity index (χ3v) is 4.75. The fourth-order valence-corrected chi connectivity index (χ4v) is 3.06. The molecule has 1 fully saturated rings. The number of hydrazone groups is 1. The first-order valence-corrected chi connectivity index (χ1v) is 8.58. The first-order chi connectivity index (χ1) is 11.6. The Bertz CT molecular complexity index is 711. The summed E-state index contributed by atoms with van der Waals surface area (Å²) in [7, 11) is 0. The Hall–Kier alpha value is -1.33. The van der Waals surface area contributed by atoms with Crippen molar-refractivity contribution in [3.63, 3.8) is 0 Å². The lowest BCUT2D eigenvalue weighted by atomic mass is 10.2. The predicted molar refractivity (Wildman–Crippen MR) is 105 cm³/mol. The molecule has 0 saturated carbocycles. The van der Waals surface area contributed by atoms with Crippen LogP contribution in [-0.4, -0.2) is 42.3 Å². The van der Waals surface area contributed by atoms with Crippen molar-refractivity contribution in [3.05, 3.63) is 69.5 Å². The summed E-state index contributed by atoms with van der Waals surface area (Å²) < 4.78 is 13.7. The van der Waals surface area contributed by atoms with Crippen LogP contribution in [0.1, 0.15) is 11.1 Å². The molecule has 2 aromatic carbocycles. The van der Waals surface area contributed by atoms with Gasteiger partial charge in [-0.2, -0.15) is 5.10 Å². The maximum absolute atomic E-state index is 13.7. The van der Waals surface area contributed by atoms with Crippen LogP contribution in [0.15, 0.2) is 47.6 Å². The zero-order valence-corrected chi connectivity index (χ0v) is 15.9. The van der Waals surface area contributed by atoms with E-state index in [0.29, 0.717) is 10.6 Å². The molecule has 134 valence electrons. The van der Waals surface area contributed by atoms with Crippen molar-refractivity contribution in [1.82, 2.24) is 9.91 Å². The number of nitrogens with zero attached hydrogens (tertiary/aromatic N) is 3. The van der Waals surface area contributed by atoms with Crippen LogP contribution in [0.5, 0.6) is 0 Å². The summed E-state index contributed by atoms with van der Waals surface area (Å²) in [5.41, 5.74) is 1.46. The highest BCUT2D eigenvalue weighted by molar-refractivity contribution is 6.33. The average molecular weight is 403 g/mol. The fourth-order valence-electron chi connectivity index (χ4n) is 2.65. The van der Waals surface area contributed by atoms with Crippen LogP contribution in [-0.2, 0) is 6.54 Å². The fraction of sp³-hybridized carbons (Fsp3) is 0.278. The second-order valence-corrected chi connectivity index (χ2v) is 6.52. The lowest BCUT2D eigenvalue weighted by Gasteiger charge is -2.33. The SMILES string of the molecule is Cl.Fc1cccc(Cl)c1/C=N/N1CCN(Cc2ccccc2Cl)CC1. The van der Waals surface area contributed by atoms with E-state index in [1.54, 1.807) is 12.1 Å². The topological polar surface area (TPSA) is 18.8 Å². The smallest absolute Gasteiger partial charge is 0.133 e. The van der Waals surface area contributed by atoms with Gasteiger partial charge in [0, 0.05) is 43.3 Å². The molecule has 2 aromatic rings. The first kappa shape index (κ1) is 20.0. The van der Waals surface area contributed by atoms with Gasteiger partial charge in [-0.15, -0.1) is 12.4 Å². The molecule has 1 aliphatic rings. The average Bonchev–Trinajstić information content (AvgIpc) is 2.58. The molecule has 0 N–H and O–H groups in total. The number of hydrogen-bond acceptors (Lipinski definition) is 3. The molecule has 1 saturated heterocycles. The van der Waals surface area contributed by atoms with Gasteiger partial charge in [0.25, 0.3) is 0 Å². The van der Waals surface area contributed by atoms with Crippen molar-refractivity contribution in [2.45, 2.75) is 6.54 Å². The van der Waals surface area contributed by atoms with Crippen LogP contribution < -0.4 is 0 Å². The van der Waals surface area contributed by atoms with Gasteiger partial charge in [0.1, 0.15) is 5.82 Å². The molecule has 7 heteroatoms. The zero-order chi connectivity index (χ0) is 16.9. The molecule has 3 nitrogen and oxygen atoms in total. The Kier molecular flexibility index (Phi) is 7.51. The molecule has 1 aliphatic heterocycles. The third-order valence-electron chi connectivity index (χ3n) is 4.05. The molecular weight excluding hydrogens is 384 g/mol. The molecule has 0 aromatic heterocycles. The van der Waals surface area contributed by atoms with Crippen molar-refractivity contribution < 1.29 is 4.39 Å². The van der Waals surface area contributed by atoms with Crippen LogP contribution >= 0.6 is 35.6 Å². The number of halogens is 4. The minimum Gasteiger partial charge on any atom is -0.295 e. The van der Waals surface area contributed by atoms with E-state index < -0.39 is 0 Å². The van der Waals surface area contributed by atoms with Crippen LogP contribution in [0.3, 0.4) is 0 Å². The molecule has 0 radical (unpaired) electrons. The monoisotopic (exact) mass is 401 g/mol. The lowest BCUT2D eigenvalue weighted by Crippen LogP contribution is -2.43. The van der Waals surface area contributed by atoms with Gasteiger partial charge in [-0.25, -0.2) is 4.39 Å². The molecule has 0 aliphatic carbocycles. The standard InChI is InChI=1S/C18H18Cl2FN3.ClH/c19-16-5-2-1-4-14(16)13-23-8-10-24(11-9-23)22-12-15-17(20)6-3-7-18(15)21;/h1-7,12H,8-11,13H2;1H/b22-12+;. The molecule has 1 heterocycles. The Morgan fingerprint density at radius 2 is 1.64 bits per heavy atom. The zero-order valence-electron chi connectivity index (χ0n) is 13.5. The van der Waals surface area contributed by atoms with Crippen LogP contribution in [0, 0.1) is 5.82 Å². The minimum absolute atomic E-state index is 0. The summed E-state index contributed by atoms with van der Waals surface area (Å²) >= 11 is 12.2. The summed E-state index contributed by atoms with van der Waals surface area (Å²) in [6.45, 7) is 4.16. The van der Waals surface area contributed by atoms with Crippen molar-refractivity contribution >= 4 is 41.8 Å². The largest absolute Gasteiger partial charge is 0.295 e. The summed E-state index contributed by atoms with van der Waals surface area (Å²) in [4.78, 5) is 2.34. The van der Waals surface area contributed by atoms with E-state index in [1.807, 2.05) is 29.3 Å². The van der Waals surface area contributed by atoms with Crippen molar-refractivity contribution in [3.8, 4) is 0 Å². The van der Waals surface area contributed by atoms with E-state index >= 15 is 0 Å². The molecule has 0 unspecified atom stereocenters. The maximum atomic E-state index is 13.7. The summed E-state index contributed by atoms with van der Waals surface area (Å²) in [5.74, 6) is -0.358. The Balaban J connectivity index is 0.00000225. The number of rotatable bonds is 4. The Morgan fingerprint density at radius 1 is 0.960 bits per heavy atom. The van der Waals surface area contributed by atoms with E-state index in [-0.39, 0.29) is 18.2 Å². The summed E-state index contributed by atoms with van der Waals surface area (Å²) in [5, 5.41) is 7.47. The third kappa shape index (κ3) is 5.32. The van der Waals surface area contributed by atoms with Crippen LogP contribution in [0.2, 0.25) is 10.0 Å². The van der Waals surface area contributed by atoms with E-state index in [2.05, 4.69) is 10.0 Å². The van der Waals surface area contributed by atoms with E-state index in [1.165, 1.54) is 12.3 Å². The van der Waals surface area contributed by atoms with Crippen molar-refractivity contribution in [2.24, 2.45) is 5.10 Å². The molecule has 25 heavy (non-hydrogen) atoms. The van der Waals surface area contributed by atoms with Gasteiger partial charge in [0.15, 0.2) is 0 Å². The van der Waals surface area contributed by atoms with Gasteiger partial charge >= 0.3 is 0 Å². The number of benzene rings is 2. The summed E-state index contributed by atoms with van der Waals surface area (Å²) in [6.07, 6.45) is 1.50. The highest BCUT2D eigenvalue weighted by atomic mass is 35.5. The quantitative estimate of drug-likeness (QED) is 0.690. The van der Waals surface area contributed by atoms with Gasteiger partial charge in [-0.1, -0.05) is 47.5 Å². The Labute approximate surface area is 163 Å². The lowest BCUT2D eigenvalue weighted by molar-refractivity contribution is 0.131. The molecule has 3 rings (SSSR count). The van der Waals surface area contributed by atoms with Gasteiger partial charge < -0.3 is 0 Å². The maximum Gasteiger partial charge on any atom is 0.133 e. The molecule has 0 amide bonds. The van der Waals surface area contributed by atoms with Gasteiger partial charge in [0.2, 0.25) is 0 Å². The summed E-state index contributed by atoms with van der Waals surface area (Å²) in [6, 6.07) is 12.5. The predicted octanol–water partition coefficient (Wildman–Crippen LogP) is 4.71. The molecule has 0 spiro atoms. The second kappa shape index (κ2) is 9.39. The number of piperazine rings is 1. The normalized spacial score (nSPS) is 15.4. The molecule has 0 atom stereocenters. The highest BCUT2D eigenvalue weighted by Gasteiger charge is 2.16. The first-order valence-electron chi connectivity index (χ1n) is 7.82. The van der Waals surface area contributed by atoms with E-state index in [0.717, 1.165) is 43.3 Å². The highest BCUT2D eigenvalue weighted by Crippen LogP contribution is 2.19. The Morgan fingerprint density at radius 3 is 2.32 bits per heavy atom. The molecular formula is C18H19Cl3FN3. The van der Waals surface area contributed by atoms with E-state index in [4.69, 9.17) is 23.2 Å². The van der Waals surface area contributed by atoms with Gasteiger partial charge in [-0.05, 0) is 23.8 Å². The number of hydrogen-bond donors (Lipinski definition) is 0. The van der Waals surface area contributed by atoms with Gasteiger partial charge in [-0.3, -0.25) is 9.91 Å². The van der Waals surface area contributed by atoms with Crippen LogP contribution in [0.4, 0.5) is 4.39 Å².